The maximum atomic E-state index is 14.0. The van der Waals surface area contributed by atoms with Crippen LogP contribution in [-0.2, 0) is 4.79 Å². The number of rotatable bonds is 6. The molecule has 10 heteroatoms. The highest BCUT2D eigenvalue weighted by Crippen LogP contribution is 2.20. The summed E-state index contributed by atoms with van der Waals surface area (Å²) in [7, 11) is 0. The Hall–Kier alpha value is -3.43. The van der Waals surface area contributed by atoms with Crippen LogP contribution in [0.5, 0.6) is 0 Å². The summed E-state index contributed by atoms with van der Waals surface area (Å²) in [5.41, 5.74) is -1.70. The number of aromatic amines is 1. The molecular formula is C21H21F3N4O3. The largest absolute Gasteiger partial charge is 0.346 e. The molecule has 0 aliphatic carbocycles. The lowest BCUT2D eigenvalue weighted by Crippen LogP contribution is -2.45. The number of nitrogens with zero attached hydrogens (tertiary/aromatic N) is 2. The lowest BCUT2D eigenvalue weighted by Gasteiger charge is -2.23. The molecule has 3 rings (SSSR count). The zero-order chi connectivity index (χ0) is 22.9. The van der Waals surface area contributed by atoms with Crippen LogP contribution in [0.3, 0.4) is 0 Å². The molecule has 0 bridgehead atoms. The van der Waals surface area contributed by atoms with E-state index in [2.05, 4.69) is 15.3 Å². The summed E-state index contributed by atoms with van der Waals surface area (Å²) in [6, 6.07) is 1.79. The quantitative estimate of drug-likeness (QED) is 0.623. The van der Waals surface area contributed by atoms with Crippen LogP contribution < -0.4 is 16.6 Å². The number of carbonyl (C=O) groups is 1. The van der Waals surface area contributed by atoms with Crippen molar-refractivity contribution in [3.63, 3.8) is 0 Å². The minimum atomic E-state index is -1.24. The smallest absolute Gasteiger partial charge is 0.329 e. The van der Waals surface area contributed by atoms with Gasteiger partial charge in [-0.2, -0.15) is 0 Å². The van der Waals surface area contributed by atoms with Gasteiger partial charge in [-0.15, -0.1) is 0 Å². The third-order valence-corrected chi connectivity index (χ3v) is 4.81. The van der Waals surface area contributed by atoms with E-state index in [-0.39, 0.29) is 28.9 Å². The summed E-state index contributed by atoms with van der Waals surface area (Å²) < 4.78 is 41.5. The molecule has 2 atom stereocenters. The third kappa shape index (κ3) is 4.68. The van der Waals surface area contributed by atoms with Gasteiger partial charge in [0.25, 0.3) is 5.56 Å². The second kappa shape index (κ2) is 8.75. The molecule has 7 nitrogen and oxygen atoms in total. The highest BCUT2D eigenvalue weighted by molar-refractivity contribution is 5.82. The molecule has 31 heavy (non-hydrogen) atoms. The number of hydrogen-bond donors (Lipinski definition) is 2. The molecule has 164 valence electrons. The van der Waals surface area contributed by atoms with E-state index in [4.69, 9.17) is 0 Å². The molecule has 2 aromatic heterocycles. The molecule has 0 spiro atoms. The molecule has 3 aromatic rings. The number of amides is 1. The summed E-state index contributed by atoms with van der Waals surface area (Å²) in [6.45, 7) is 5.03. The van der Waals surface area contributed by atoms with Crippen molar-refractivity contribution in [2.75, 3.05) is 0 Å². The van der Waals surface area contributed by atoms with Crippen molar-refractivity contribution in [1.29, 1.82) is 0 Å². The molecule has 0 saturated heterocycles. The number of fused-ring (bicyclic) bond motifs is 1. The number of aromatic nitrogens is 3. The van der Waals surface area contributed by atoms with E-state index in [1.165, 1.54) is 13.0 Å². The van der Waals surface area contributed by atoms with Gasteiger partial charge in [0.1, 0.15) is 23.5 Å². The van der Waals surface area contributed by atoms with E-state index in [9.17, 15) is 27.6 Å². The van der Waals surface area contributed by atoms with Crippen molar-refractivity contribution < 1.29 is 18.0 Å². The molecule has 0 fully saturated rings. The summed E-state index contributed by atoms with van der Waals surface area (Å²) in [6.07, 6.45) is 0.932. The minimum Gasteiger partial charge on any atom is -0.346 e. The Balaban J connectivity index is 2.03. The molecule has 0 aliphatic heterocycles. The fraction of sp³-hybridized carbons (Fsp3) is 0.333. The van der Waals surface area contributed by atoms with E-state index in [0.717, 1.165) is 22.9 Å². The normalized spacial score (nSPS) is 13.4. The van der Waals surface area contributed by atoms with Crippen LogP contribution in [0.1, 0.15) is 45.0 Å². The van der Waals surface area contributed by atoms with Gasteiger partial charge >= 0.3 is 5.69 Å². The number of nitrogens with one attached hydrogen (secondary N) is 2. The topological polar surface area (TPSA) is 96.8 Å². The standard InChI is InChI=1S/C21H21F3N4O3/c1-10(2)6-17(19(29)26-11(3)18-15(24)8-13(23)9-25-18)28-20(30)14-7-12(22)4-5-16(14)27-21(28)31/h4-5,7-11,17H,6H2,1-3H3,(H,26,29)(H,27,31)/t11-,17-/m0/s1. The Labute approximate surface area is 174 Å². The summed E-state index contributed by atoms with van der Waals surface area (Å²) in [5, 5.41) is 2.44. The number of benzene rings is 1. The zero-order valence-electron chi connectivity index (χ0n) is 17.1. The maximum Gasteiger partial charge on any atom is 0.329 e. The Morgan fingerprint density at radius 3 is 2.48 bits per heavy atom. The van der Waals surface area contributed by atoms with Crippen molar-refractivity contribution in [1.82, 2.24) is 19.9 Å². The van der Waals surface area contributed by atoms with Crippen molar-refractivity contribution in [3.8, 4) is 0 Å². The fourth-order valence-corrected chi connectivity index (χ4v) is 3.38. The lowest BCUT2D eigenvalue weighted by molar-refractivity contribution is -0.125. The SMILES string of the molecule is CC(C)C[C@@H](C(=O)N[C@@H](C)c1ncc(F)cc1F)n1c(=O)[nH]c2ccc(F)cc2c1=O. The van der Waals surface area contributed by atoms with Crippen LogP contribution in [-0.4, -0.2) is 20.4 Å². The molecule has 0 radical (unpaired) electrons. The maximum absolute atomic E-state index is 14.0. The van der Waals surface area contributed by atoms with Crippen LogP contribution in [0.25, 0.3) is 10.9 Å². The molecular weight excluding hydrogens is 413 g/mol. The second-order valence-corrected chi connectivity index (χ2v) is 7.69. The summed E-state index contributed by atoms with van der Waals surface area (Å²) in [5.74, 6) is -3.29. The molecule has 1 aromatic carbocycles. The van der Waals surface area contributed by atoms with Gasteiger partial charge in [0.15, 0.2) is 0 Å². The van der Waals surface area contributed by atoms with Crippen LogP contribution in [0.2, 0.25) is 0 Å². The average molecular weight is 434 g/mol. The first kappa shape index (κ1) is 22.3. The molecule has 0 aliphatic rings. The van der Waals surface area contributed by atoms with Gasteiger partial charge < -0.3 is 10.3 Å². The number of pyridine rings is 1. The number of H-pyrrole nitrogens is 1. The molecule has 1 amide bonds. The van der Waals surface area contributed by atoms with E-state index < -0.39 is 46.7 Å². The van der Waals surface area contributed by atoms with Crippen LogP contribution >= 0.6 is 0 Å². The number of halogens is 3. The van der Waals surface area contributed by atoms with Gasteiger partial charge in [-0.25, -0.2) is 22.5 Å². The summed E-state index contributed by atoms with van der Waals surface area (Å²) >= 11 is 0. The van der Waals surface area contributed by atoms with Crippen molar-refractivity contribution in [2.24, 2.45) is 5.92 Å². The van der Waals surface area contributed by atoms with Crippen LogP contribution in [0.15, 0.2) is 40.1 Å². The fourth-order valence-electron chi connectivity index (χ4n) is 3.38. The van der Waals surface area contributed by atoms with Crippen LogP contribution in [0, 0.1) is 23.4 Å². The molecule has 2 N–H and O–H groups in total. The average Bonchev–Trinajstić information content (AvgIpc) is 2.67. The van der Waals surface area contributed by atoms with Gasteiger partial charge in [0.05, 0.1) is 28.8 Å². The first-order valence-corrected chi connectivity index (χ1v) is 9.64. The van der Waals surface area contributed by atoms with E-state index >= 15 is 0 Å². The first-order chi connectivity index (χ1) is 14.6. The predicted molar refractivity (Wildman–Crippen MR) is 108 cm³/mol. The number of carbonyl (C=O) groups excluding carboxylic acids is 1. The Morgan fingerprint density at radius 1 is 1.13 bits per heavy atom. The monoisotopic (exact) mass is 434 g/mol. The molecule has 2 heterocycles. The van der Waals surface area contributed by atoms with Crippen LogP contribution in [0.4, 0.5) is 13.2 Å². The van der Waals surface area contributed by atoms with E-state index in [1.807, 2.05) is 0 Å². The van der Waals surface area contributed by atoms with Gasteiger partial charge in [0, 0.05) is 6.07 Å². The van der Waals surface area contributed by atoms with Crippen molar-refractivity contribution >= 4 is 16.8 Å². The Bertz CT molecular complexity index is 1250. The van der Waals surface area contributed by atoms with Gasteiger partial charge in [-0.05, 0) is 37.5 Å². The minimum absolute atomic E-state index is 0.0829. The van der Waals surface area contributed by atoms with Crippen molar-refractivity contribution in [2.45, 2.75) is 39.3 Å². The predicted octanol–water partition coefficient (Wildman–Crippen LogP) is 2.97. The second-order valence-electron chi connectivity index (χ2n) is 7.69. The first-order valence-electron chi connectivity index (χ1n) is 9.64. The van der Waals surface area contributed by atoms with Gasteiger partial charge in [-0.3, -0.25) is 14.6 Å². The van der Waals surface area contributed by atoms with E-state index in [0.29, 0.717) is 6.07 Å². The third-order valence-electron chi connectivity index (χ3n) is 4.81. The molecule has 0 saturated carbocycles. The van der Waals surface area contributed by atoms with Crippen molar-refractivity contribution in [3.05, 3.63) is 74.4 Å². The lowest BCUT2D eigenvalue weighted by atomic mass is 10.0. The van der Waals surface area contributed by atoms with Gasteiger partial charge in [0.2, 0.25) is 5.91 Å². The Morgan fingerprint density at radius 2 is 1.84 bits per heavy atom. The van der Waals surface area contributed by atoms with E-state index in [1.54, 1.807) is 13.8 Å². The van der Waals surface area contributed by atoms with Gasteiger partial charge in [-0.1, -0.05) is 13.8 Å². The highest BCUT2D eigenvalue weighted by Gasteiger charge is 2.28. The molecule has 0 unspecified atom stereocenters. The number of hydrogen-bond acceptors (Lipinski definition) is 4. The zero-order valence-corrected chi connectivity index (χ0v) is 17.1. The Kier molecular flexibility index (Phi) is 6.28. The summed E-state index contributed by atoms with van der Waals surface area (Å²) in [4.78, 5) is 44.8. The highest BCUT2D eigenvalue weighted by atomic mass is 19.1.